The normalized spacial score (nSPS) is 11.9. The second kappa shape index (κ2) is 6.52. The summed E-state index contributed by atoms with van der Waals surface area (Å²) in [6.45, 7) is 1.77. The lowest BCUT2D eigenvalue weighted by Crippen LogP contribution is -2.23. The fraction of sp³-hybridized carbons (Fsp3) is 0.133. The molecule has 0 spiro atoms. The molecule has 0 heterocycles. The first-order chi connectivity index (χ1) is 9.06. The number of ether oxygens (including phenoxy) is 1. The predicted molar refractivity (Wildman–Crippen MR) is 87.7 cm³/mol. The van der Waals surface area contributed by atoms with Crippen molar-refractivity contribution in [3.05, 3.63) is 62.1 Å². The lowest BCUT2D eigenvalue weighted by Gasteiger charge is -2.14. The van der Waals surface area contributed by atoms with Crippen LogP contribution in [0.2, 0.25) is 0 Å². The minimum absolute atomic E-state index is 0.0219. The molecule has 2 nitrogen and oxygen atoms in total. The second-order valence-corrected chi connectivity index (χ2v) is 6.25. The summed E-state index contributed by atoms with van der Waals surface area (Å²) >= 11 is 5.56. The molecule has 0 N–H and O–H groups in total. The molecular formula is C15H12BrIO2. The third-order valence-corrected chi connectivity index (χ3v) is 3.81. The van der Waals surface area contributed by atoms with E-state index < -0.39 is 6.10 Å². The number of hydrogen-bond donors (Lipinski definition) is 0. The van der Waals surface area contributed by atoms with Crippen molar-refractivity contribution in [2.24, 2.45) is 0 Å². The van der Waals surface area contributed by atoms with Crippen molar-refractivity contribution in [1.82, 2.24) is 0 Å². The number of benzene rings is 2. The van der Waals surface area contributed by atoms with Gasteiger partial charge in [0.2, 0.25) is 5.78 Å². The van der Waals surface area contributed by atoms with E-state index in [2.05, 4.69) is 38.5 Å². The van der Waals surface area contributed by atoms with Gasteiger partial charge in [0, 0.05) is 13.6 Å². The fourth-order valence-corrected chi connectivity index (χ4v) is 2.43. The summed E-state index contributed by atoms with van der Waals surface area (Å²) in [6.07, 6.45) is -0.501. The molecule has 0 amide bonds. The molecule has 2 aromatic rings. The number of ketones is 1. The van der Waals surface area contributed by atoms with Crippen LogP contribution in [0.4, 0.5) is 0 Å². The summed E-state index contributed by atoms with van der Waals surface area (Å²) in [6, 6.07) is 14.9. The summed E-state index contributed by atoms with van der Waals surface area (Å²) in [5.74, 6) is 0.691. The number of Topliss-reactive ketones (excluding diaryl/α,β-unsaturated/α-hetero) is 1. The van der Waals surface area contributed by atoms with E-state index >= 15 is 0 Å². The molecule has 0 saturated carbocycles. The summed E-state index contributed by atoms with van der Waals surface area (Å²) in [7, 11) is 0. The monoisotopic (exact) mass is 430 g/mol. The minimum Gasteiger partial charge on any atom is -0.483 e. The zero-order valence-electron chi connectivity index (χ0n) is 10.3. The first-order valence-corrected chi connectivity index (χ1v) is 7.65. The van der Waals surface area contributed by atoms with E-state index in [-0.39, 0.29) is 5.78 Å². The summed E-state index contributed by atoms with van der Waals surface area (Å²) in [4.78, 5) is 12.2. The third kappa shape index (κ3) is 4.04. The zero-order chi connectivity index (χ0) is 13.8. The van der Waals surface area contributed by atoms with Gasteiger partial charge in [0.1, 0.15) is 5.75 Å². The molecule has 19 heavy (non-hydrogen) atoms. The lowest BCUT2D eigenvalue weighted by molar-refractivity contribution is 0.0818. The molecule has 1 unspecified atom stereocenters. The van der Waals surface area contributed by atoms with Crippen molar-refractivity contribution in [2.75, 3.05) is 0 Å². The fourth-order valence-electron chi connectivity index (χ4n) is 1.65. The largest absolute Gasteiger partial charge is 0.483 e. The van der Waals surface area contributed by atoms with Crippen molar-refractivity contribution in [3.63, 3.8) is 0 Å². The summed E-state index contributed by atoms with van der Waals surface area (Å²) in [5, 5.41) is 0. The van der Waals surface area contributed by atoms with Crippen molar-refractivity contribution in [1.29, 1.82) is 0 Å². The Balaban J connectivity index is 2.09. The number of hydrogen-bond acceptors (Lipinski definition) is 2. The molecule has 98 valence electrons. The molecule has 2 rings (SSSR count). The molecule has 4 heteroatoms. The highest BCUT2D eigenvalue weighted by atomic mass is 127. The van der Waals surface area contributed by atoms with Gasteiger partial charge in [-0.2, -0.15) is 0 Å². The van der Waals surface area contributed by atoms with Gasteiger partial charge in [-0.25, -0.2) is 0 Å². The Hall–Kier alpha value is -0.880. The average Bonchev–Trinajstić information content (AvgIpc) is 2.39. The molecule has 0 aliphatic heterocycles. The van der Waals surface area contributed by atoms with Crippen LogP contribution < -0.4 is 4.74 Å². The van der Waals surface area contributed by atoms with E-state index in [4.69, 9.17) is 4.74 Å². The molecule has 2 aromatic carbocycles. The SMILES string of the molecule is CC(Oc1cccc(I)c1)C(=O)c1ccc(Br)cc1. The van der Waals surface area contributed by atoms with Gasteiger partial charge in [-0.05, 0) is 59.8 Å². The quantitative estimate of drug-likeness (QED) is 0.519. The molecule has 0 aliphatic carbocycles. The standard InChI is InChI=1S/C15H12BrIO2/c1-10(19-14-4-2-3-13(17)9-14)15(18)11-5-7-12(16)8-6-11/h2-10H,1H3. The number of carbonyl (C=O) groups excluding carboxylic acids is 1. The van der Waals surface area contributed by atoms with Crippen molar-refractivity contribution in [2.45, 2.75) is 13.0 Å². The highest BCUT2D eigenvalue weighted by Gasteiger charge is 2.16. The highest BCUT2D eigenvalue weighted by molar-refractivity contribution is 14.1. The van der Waals surface area contributed by atoms with E-state index in [0.29, 0.717) is 11.3 Å². The van der Waals surface area contributed by atoms with Gasteiger partial charge >= 0.3 is 0 Å². The number of rotatable bonds is 4. The molecule has 0 radical (unpaired) electrons. The van der Waals surface area contributed by atoms with Gasteiger partial charge in [0.05, 0.1) is 0 Å². The van der Waals surface area contributed by atoms with Gasteiger partial charge in [0.15, 0.2) is 6.10 Å². The van der Waals surface area contributed by atoms with Crippen molar-refractivity contribution < 1.29 is 9.53 Å². The molecular weight excluding hydrogens is 419 g/mol. The van der Waals surface area contributed by atoms with Crippen LogP contribution in [0.25, 0.3) is 0 Å². The maximum Gasteiger partial charge on any atom is 0.202 e. The van der Waals surface area contributed by atoms with E-state index in [1.165, 1.54) is 0 Å². The Kier molecular flexibility index (Phi) is 4.99. The van der Waals surface area contributed by atoms with Gasteiger partial charge in [0.25, 0.3) is 0 Å². The Morgan fingerprint density at radius 3 is 2.53 bits per heavy atom. The summed E-state index contributed by atoms with van der Waals surface area (Å²) < 4.78 is 7.71. The van der Waals surface area contributed by atoms with Crippen molar-refractivity contribution in [3.8, 4) is 5.75 Å². The van der Waals surface area contributed by atoms with Crippen molar-refractivity contribution >= 4 is 44.3 Å². The van der Waals surface area contributed by atoms with E-state index in [1.54, 1.807) is 19.1 Å². The predicted octanol–water partition coefficient (Wildman–Crippen LogP) is 4.70. The Bertz CT molecular complexity index is 581. The average molecular weight is 431 g/mol. The van der Waals surface area contributed by atoms with Crippen LogP contribution in [-0.2, 0) is 0 Å². The van der Waals surface area contributed by atoms with Gasteiger partial charge in [-0.3, -0.25) is 4.79 Å². The van der Waals surface area contributed by atoms with Crippen LogP contribution in [0.15, 0.2) is 53.0 Å². The maximum atomic E-state index is 12.2. The molecule has 0 bridgehead atoms. The first kappa shape index (κ1) is 14.5. The van der Waals surface area contributed by atoms with Gasteiger partial charge in [-0.1, -0.05) is 34.1 Å². The van der Waals surface area contributed by atoms with Crippen LogP contribution in [-0.4, -0.2) is 11.9 Å². The highest BCUT2D eigenvalue weighted by Crippen LogP contribution is 2.18. The van der Waals surface area contributed by atoms with Crippen LogP contribution in [0, 0.1) is 3.57 Å². The van der Waals surface area contributed by atoms with E-state index in [0.717, 1.165) is 8.04 Å². The van der Waals surface area contributed by atoms with Gasteiger partial charge in [-0.15, -0.1) is 0 Å². The minimum atomic E-state index is -0.501. The Morgan fingerprint density at radius 1 is 1.21 bits per heavy atom. The first-order valence-electron chi connectivity index (χ1n) is 5.78. The van der Waals surface area contributed by atoms with Crippen LogP contribution in [0.1, 0.15) is 17.3 Å². The van der Waals surface area contributed by atoms with Crippen LogP contribution >= 0.6 is 38.5 Å². The molecule has 0 aromatic heterocycles. The molecule has 1 atom stereocenters. The molecule has 0 fully saturated rings. The van der Waals surface area contributed by atoms with Gasteiger partial charge < -0.3 is 4.74 Å². The maximum absolute atomic E-state index is 12.2. The van der Waals surface area contributed by atoms with E-state index in [1.807, 2.05) is 36.4 Å². The smallest absolute Gasteiger partial charge is 0.202 e. The summed E-state index contributed by atoms with van der Waals surface area (Å²) in [5.41, 5.74) is 0.654. The number of carbonyl (C=O) groups is 1. The van der Waals surface area contributed by atoms with Crippen LogP contribution in [0.5, 0.6) is 5.75 Å². The number of halogens is 2. The van der Waals surface area contributed by atoms with Crippen LogP contribution in [0.3, 0.4) is 0 Å². The lowest BCUT2D eigenvalue weighted by atomic mass is 10.1. The topological polar surface area (TPSA) is 26.3 Å². The zero-order valence-corrected chi connectivity index (χ0v) is 14.0. The van der Waals surface area contributed by atoms with E-state index in [9.17, 15) is 4.79 Å². The second-order valence-electron chi connectivity index (χ2n) is 4.09. The molecule has 0 saturated heterocycles. The Morgan fingerprint density at radius 2 is 1.89 bits per heavy atom. The third-order valence-electron chi connectivity index (χ3n) is 2.61. The Labute approximate surface area is 134 Å². The molecule has 0 aliphatic rings.